The summed E-state index contributed by atoms with van der Waals surface area (Å²) in [6.45, 7) is 7.41. The Labute approximate surface area is 158 Å². The molecule has 2 aliphatic rings. The minimum Gasteiger partial charge on any atom is -0.506 e. The smallest absolute Gasteiger partial charge is 0.410 e. The molecule has 0 saturated carbocycles. The number of ether oxygens (including phenoxy) is 1. The van der Waals surface area contributed by atoms with E-state index in [9.17, 15) is 14.7 Å². The van der Waals surface area contributed by atoms with Crippen molar-refractivity contribution in [1.29, 1.82) is 0 Å². The highest BCUT2D eigenvalue weighted by molar-refractivity contribution is 6.32. The van der Waals surface area contributed by atoms with Gasteiger partial charge in [0.25, 0.3) is 5.91 Å². The molecule has 0 aliphatic carbocycles. The average Bonchev–Trinajstić information content (AvgIpc) is 2.55. The van der Waals surface area contributed by atoms with E-state index in [1.165, 1.54) is 12.1 Å². The summed E-state index contributed by atoms with van der Waals surface area (Å²) in [6.07, 6.45) is 2.12. The molecule has 1 N–H and O–H groups in total. The standard InChI is InChI=1S/C19H25ClN2O4/c1-18(2,3)26-17(25)21-9-6-19(7-10-21)8-11-22(19)16(24)13-4-5-15(23)14(20)12-13/h4-5,12,23H,6-11H2,1-3H3. The molecule has 2 saturated heterocycles. The van der Waals surface area contributed by atoms with Crippen molar-refractivity contribution in [2.75, 3.05) is 19.6 Å². The topological polar surface area (TPSA) is 70.1 Å². The third-order valence-electron chi connectivity index (χ3n) is 5.16. The molecule has 26 heavy (non-hydrogen) atoms. The van der Waals surface area contributed by atoms with Gasteiger partial charge in [0.15, 0.2) is 0 Å². The number of phenols is 1. The van der Waals surface area contributed by atoms with E-state index in [0.717, 1.165) is 19.3 Å². The molecule has 2 heterocycles. The zero-order valence-corrected chi connectivity index (χ0v) is 16.2. The molecule has 1 aromatic rings. The van der Waals surface area contributed by atoms with Crippen molar-refractivity contribution in [2.24, 2.45) is 0 Å². The Balaban J connectivity index is 1.64. The molecule has 2 aliphatic heterocycles. The van der Waals surface area contributed by atoms with Crippen LogP contribution in [0.2, 0.25) is 5.02 Å². The van der Waals surface area contributed by atoms with Crippen LogP contribution in [0.25, 0.3) is 0 Å². The van der Waals surface area contributed by atoms with Crippen LogP contribution in [0, 0.1) is 0 Å². The fraction of sp³-hybridized carbons (Fsp3) is 0.579. The summed E-state index contributed by atoms with van der Waals surface area (Å²) >= 11 is 5.93. The zero-order chi connectivity index (χ0) is 19.1. The van der Waals surface area contributed by atoms with Crippen LogP contribution in [0.4, 0.5) is 4.79 Å². The van der Waals surface area contributed by atoms with Gasteiger partial charge in [-0.2, -0.15) is 0 Å². The van der Waals surface area contributed by atoms with Crippen molar-refractivity contribution in [3.8, 4) is 5.75 Å². The number of phenolic OH excluding ortho intramolecular Hbond substituents is 1. The lowest BCUT2D eigenvalue weighted by Crippen LogP contribution is -2.66. The van der Waals surface area contributed by atoms with Crippen LogP contribution >= 0.6 is 11.6 Å². The quantitative estimate of drug-likeness (QED) is 0.807. The molecule has 7 heteroatoms. The molecule has 1 aromatic carbocycles. The lowest BCUT2D eigenvalue weighted by molar-refractivity contribution is -0.0435. The van der Waals surface area contributed by atoms with Crippen LogP contribution < -0.4 is 0 Å². The number of nitrogens with zero attached hydrogens (tertiary/aromatic N) is 2. The van der Waals surface area contributed by atoms with Crippen molar-refractivity contribution in [3.05, 3.63) is 28.8 Å². The van der Waals surface area contributed by atoms with Gasteiger partial charge < -0.3 is 19.6 Å². The van der Waals surface area contributed by atoms with Crippen LogP contribution in [0.1, 0.15) is 50.4 Å². The predicted molar refractivity (Wildman–Crippen MR) is 98.5 cm³/mol. The first-order valence-electron chi connectivity index (χ1n) is 8.90. The molecule has 0 bridgehead atoms. The average molecular weight is 381 g/mol. The van der Waals surface area contributed by atoms with E-state index in [4.69, 9.17) is 16.3 Å². The van der Waals surface area contributed by atoms with E-state index >= 15 is 0 Å². The molecule has 0 unspecified atom stereocenters. The number of benzene rings is 1. The van der Waals surface area contributed by atoms with Gasteiger partial charge in [0.05, 0.1) is 5.02 Å². The molecule has 0 aromatic heterocycles. The first-order chi connectivity index (χ1) is 12.1. The number of hydrogen-bond donors (Lipinski definition) is 1. The number of likely N-dealkylation sites (tertiary alicyclic amines) is 2. The molecule has 3 rings (SSSR count). The fourth-order valence-corrected chi connectivity index (χ4v) is 3.79. The lowest BCUT2D eigenvalue weighted by atomic mass is 9.76. The van der Waals surface area contributed by atoms with Crippen molar-refractivity contribution >= 4 is 23.6 Å². The maximum atomic E-state index is 12.8. The number of piperidine rings is 1. The summed E-state index contributed by atoms with van der Waals surface area (Å²) in [7, 11) is 0. The Morgan fingerprint density at radius 3 is 2.27 bits per heavy atom. The van der Waals surface area contributed by atoms with E-state index in [0.29, 0.717) is 25.2 Å². The monoisotopic (exact) mass is 380 g/mol. The van der Waals surface area contributed by atoms with Crippen molar-refractivity contribution < 1.29 is 19.4 Å². The second-order valence-electron chi connectivity index (χ2n) is 8.06. The van der Waals surface area contributed by atoms with Gasteiger partial charge in [-0.25, -0.2) is 4.79 Å². The molecule has 6 nitrogen and oxygen atoms in total. The second-order valence-corrected chi connectivity index (χ2v) is 8.47. The Morgan fingerprint density at radius 1 is 1.15 bits per heavy atom. The summed E-state index contributed by atoms with van der Waals surface area (Å²) in [5.74, 6) is -0.115. The molecular weight excluding hydrogens is 356 g/mol. The number of aromatic hydroxyl groups is 1. The predicted octanol–water partition coefficient (Wildman–Crippen LogP) is 3.66. The third kappa shape index (κ3) is 3.61. The van der Waals surface area contributed by atoms with Gasteiger partial charge >= 0.3 is 6.09 Å². The minimum atomic E-state index is -0.511. The normalized spacial score (nSPS) is 19.2. The minimum absolute atomic E-state index is 0.0350. The molecule has 2 amide bonds. The molecule has 1 spiro atoms. The fourth-order valence-electron chi connectivity index (χ4n) is 3.60. The molecule has 0 radical (unpaired) electrons. The van der Waals surface area contributed by atoms with E-state index < -0.39 is 5.60 Å². The van der Waals surface area contributed by atoms with E-state index in [1.807, 2.05) is 25.7 Å². The maximum absolute atomic E-state index is 12.8. The summed E-state index contributed by atoms with van der Waals surface area (Å²) in [5.41, 5.74) is -0.232. The van der Waals surface area contributed by atoms with Crippen molar-refractivity contribution in [1.82, 2.24) is 9.80 Å². The number of rotatable bonds is 1. The molecular formula is C19H25ClN2O4. The van der Waals surface area contributed by atoms with Crippen LogP contribution in [-0.4, -0.2) is 57.7 Å². The highest BCUT2D eigenvalue weighted by Crippen LogP contribution is 2.41. The summed E-state index contributed by atoms with van der Waals surface area (Å²) < 4.78 is 5.43. The van der Waals surface area contributed by atoms with Gasteiger partial charge in [-0.05, 0) is 58.2 Å². The highest BCUT2D eigenvalue weighted by Gasteiger charge is 2.49. The Morgan fingerprint density at radius 2 is 1.77 bits per heavy atom. The first-order valence-corrected chi connectivity index (χ1v) is 9.28. The van der Waals surface area contributed by atoms with E-state index in [-0.39, 0.29) is 28.3 Å². The van der Waals surface area contributed by atoms with Gasteiger partial charge in [0.2, 0.25) is 0 Å². The summed E-state index contributed by atoms with van der Waals surface area (Å²) in [5, 5.41) is 9.70. The zero-order valence-electron chi connectivity index (χ0n) is 15.4. The number of carbonyl (C=O) groups excluding carboxylic acids is 2. The van der Waals surface area contributed by atoms with Crippen molar-refractivity contribution in [2.45, 2.75) is 51.2 Å². The Kier molecular flexibility index (Phi) is 4.82. The molecule has 0 atom stereocenters. The van der Waals surface area contributed by atoms with Gasteiger partial charge in [-0.15, -0.1) is 0 Å². The SMILES string of the molecule is CC(C)(C)OC(=O)N1CCC2(CC1)CCN2C(=O)c1ccc(O)c(Cl)c1. The Bertz CT molecular complexity index is 721. The van der Waals surface area contributed by atoms with E-state index in [2.05, 4.69) is 0 Å². The van der Waals surface area contributed by atoms with Crippen LogP contribution in [0.3, 0.4) is 0 Å². The van der Waals surface area contributed by atoms with Gasteiger partial charge in [-0.1, -0.05) is 11.6 Å². The molecule has 142 valence electrons. The van der Waals surface area contributed by atoms with Gasteiger partial charge in [-0.3, -0.25) is 4.79 Å². The number of hydrogen-bond acceptors (Lipinski definition) is 4. The first kappa shape index (κ1) is 18.8. The van der Waals surface area contributed by atoms with Crippen LogP contribution in [-0.2, 0) is 4.74 Å². The van der Waals surface area contributed by atoms with Crippen molar-refractivity contribution in [3.63, 3.8) is 0 Å². The van der Waals surface area contributed by atoms with Gasteiger partial charge in [0.1, 0.15) is 11.4 Å². The Hall–Kier alpha value is -1.95. The third-order valence-corrected chi connectivity index (χ3v) is 5.46. The molecule has 2 fully saturated rings. The second kappa shape index (κ2) is 6.65. The number of amides is 2. The number of halogens is 1. The lowest BCUT2D eigenvalue weighted by Gasteiger charge is -2.56. The largest absolute Gasteiger partial charge is 0.506 e. The summed E-state index contributed by atoms with van der Waals surface area (Å²) in [6, 6.07) is 4.53. The number of carbonyl (C=O) groups is 2. The maximum Gasteiger partial charge on any atom is 0.410 e. The highest BCUT2D eigenvalue weighted by atomic mass is 35.5. The summed E-state index contributed by atoms with van der Waals surface area (Å²) in [4.78, 5) is 28.7. The van der Waals surface area contributed by atoms with Crippen LogP contribution in [0.5, 0.6) is 5.75 Å². The van der Waals surface area contributed by atoms with Gasteiger partial charge in [0, 0.05) is 30.7 Å². The van der Waals surface area contributed by atoms with E-state index in [1.54, 1.807) is 11.0 Å². The van der Waals surface area contributed by atoms with Crippen LogP contribution in [0.15, 0.2) is 18.2 Å².